The number of nitrogens with one attached hydrogen (secondary N) is 1. The fourth-order valence-corrected chi connectivity index (χ4v) is 2.14. The molecule has 2 aromatic rings. The lowest BCUT2D eigenvalue weighted by atomic mass is 10.1. The van der Waals surface area contributed by atoms with E-state index in [-0.39, 0.29) is 18.0 Å². The summed E-state index contributed by atoms with van der Waals surface area (Å²) in [7, 11) is 4.58. The van der Waals surface area contributed by atoms with E-state index in [0.717, 1.165) is 5.56 Å². The summed E-state index contributed by atoms with van der Waals surface area (Å²) < 4.78 is 28.9. The number of amides is 1. The van der Waals surface area contributed by atoms with E-state index in [1.165, 1.54) is 39.5 Å². The van der Waals surface area contributed by atoms with Crippen molar-refractivity contribution >= 4 is 5.91 Å². The molecule has 5 nitrogen and oxygen atoms in total. The normalized spacial score (nSPS) is 10.1. The zero-order valence-electron chi connectivity index (χ0n) is 13.2. The summed E-state index contributed by atoms with van der Waals surface area (Å²) in [5.74, 6) is 0.790. The minimum Gasteiger partial charge on any atom is -0.496 e. The molecule has 0 radical (unpaired) electrons. The average molecular weight is 319 g/mol. The van der Waals surface area contributed by atoms with Crippen molar-refractivity contribution < 1.29 is 23.4 Å². The summed E-state index contributed by atoms with van der Waals surface area (Å²) in [4.78, 5) is 12.1. The van der Waals surface area contributed by atoms with Crippen LogP contribution in [0.5, 0.6) is 17.2 Å². The van der Waals surface area contributed by atoms with Crippen LogP contribution in [0.1, 0.15) is 15.9 Å². The lowest BCUT2D eigenvalue weighted by molar-refractivity contribution is 0.0950. The summed E-state index contributed by atoms with van der Waals surface area (Å²) in [5, 5.41) is 2.72. The van der Waals surface area contributed by atoms with Gasteiger partial charge in [-0.25, -0.2) is 4.39 Å². The number of rotatable bonds is 6. The maximum Gasteiger partial charge on any atom is 0.251 e. The molecule has 23 heavy (non-hydrogen) atoms. The SMILES string of the molecule is COc1cc(OC)c(OC)cc1CNC(=O)c1cccc(F)c1. The molecule has 0 saturated carbocycles. The maximum absolute atomic E-state index is 13.2. The molecule has 1 N–H and O–H groups in total. The topological polar surface area (TPSA) is 56.8 Å². The number of halogens is 1. The van der Waals surface area contributed by atoms with Gasteiger partial charge in [0.05, 0.1) is 21.3 Å². The third-order valence-corrected chi connectivity index (χ3v) is 3.31. The first kappa shape index (κ1) is 16.6. The van der Waals surface area contributed by atoms with Crippen LogP contribution >= 0.6 is 0 Å². The highest BCUT2D eigenvalue weighted by molar-refractivity contribution is 5.94. The minimum atomic E-state index is -0.457. The van der Waals surface area contributed by atoms with Crippen LogP contribution in [0.25, 0.3) is 0 Å². The van der Waals surface area contributed by atoms with E-state index in [1.807, 2.05) is 0 Å². The predicted molar refractivity (Wildman–Crippen MR) is 83.7 cm³/mol. The van der Waals surface area contributed by atoms with Gasteiger partial charge in [0.2, 0.25) is 0 Å². The van der Waals surface area contributed by atoms with E-state index in [4.69, 9.17) is 14.2 Å². The van der Waals surface area contributed by atoms with Gasteiger partial charge >= 0.3 is 0 Å². The quantitative estimate of drug-likeness (QED) is 0.889. The molecule has 0 aliphatic rings. The Kier molecular flexibility index (Phi) is 5.41. The number of hydrogen-bond donors (Lipinski definition) is 1. The Morgan fingerprint density at radius 3 is 2.26 bits per heavy atom. The molecule has 1 amide bonds. The molecule has 0 fully saturated rings. The first-order valence-electron chi connectivity index (χ1n) is 6.91. The van der Waals surface area contributed by atoms with E-state index in [2.05, 4.69) is 5.32 Å². The molecule has 0 heterocycles. The van der Waals surface area contributed by atoms with Crippen molar-refractivity contribution in [3.63, 3.8) is 0 Å². The fourth-order valence-electron chi connectivity index (χ4n) is 2.14. The second-order valence-electron chi connectivity index (χ2n) is 4.71. The summed E-state index contributed by atoms with van der Waals surface area (Å²) in [6, 6.07) is 8.91. The monoisotopic (exact) mass is 319 g/mol. The molecule has 0 aliphatic carbocycles. The Balaban J connectivity index is 2.17. The van der Waals surface area contributed by atoms with E-state index < -0.39 is 5.82 Å². The third-order valence-electron chi connectivity index (χ3n) is 3.31. The number of benzene rings is 2. The van der Waals surface area contributed by atoms with Gasteiger partial charge in [-0.05, 0) is 24.3 Å². The summed E-state index contributed by atoms with van der Waals surface area (Å²) in [6.07, 6.45) is 0. The van der Waals surface area contributed by atoms with Crippen LogP contribution in [-0.2, 0) is 6.54 Å². The summed E-state index contributed by atoms with van der Waals surface area (Å²) >= 11 is 0. The molecule has 0 unspecified atom stereocenters. The number of methoxy groups -OCH3 is 3. The van der Waals surface area contributed by atoms with Gasteiger partial charge in [0, 0.05) is 23.7 Å². The first-order chi connectivity index (χ1) is 11.1. The highest BCUT2D eigenvalue weighted by atomic mass is 19.1. The molecule has 0 spiro atoms. The second kappa shape index (κ2) is 7.49. The van der Waals surface area contributed by atoms with Crippen LogP contribution in [-0.4, -0.2) is 27.2 Å². The van der Waals surface area contributed by atoms with Crippen LogP contribution in [0.4, 0.5) is 4.39 Å². The Bertz CT molecular complexity index is 703. The number of carbonyl (C=O) groups is 1. The van der Waals surface area contributed by atoms with Crippen molar-refractivity contribution in [2.45, 2.75) is 6.54 Å². The Morgan fingerprint density at radius 1 is 1.00 bits per heavy atom. The van der Waals surface area contributed by atoms with Crippen LogP contribution in [0.15, 0.2) is 36.4 Å². The predicted octanol–water partition coefficient (Wildman–Crippen LogP) is 2.78. The zero-order chi connectivity index (χ0) is 16.8. The molecule has 6 heteroatoms. The van der Waals surface area contributed by atoms with Gasteiger partial charge in [-0.2, -0.15) is 0 Å². The van der Waals surface area contributed by atoms with Gasteiger partial charge in [-0.15, -0.1) is 0 Å². The molecular weight excluding hydrogens is 301 g/mol. The standard InChI is InChI=1S/C17H18FNO4/c1-21-14-9-16(23-3)15(22-2)8-12(14)10-19-17(20)11-5-4-6-13(18)7-11/h4-9H,10H2,1-3H3,(H,19,20). The lowest BCUT2D eigenvalue weighted by Crippen LogP contribution is -2.23. The van der Waals surface area contributed by atoms with Gasteiger partial charge < -0.3 is 19.5 Å². The number of ether oxygens (including phenoxy) is 3. The van der Waals surface area contributed by atoms with Crippen LogP contribution in [0.3, 0.4) is 0 Å². The maximum atomic E-state index is 13.2. The summed E-state index contributed by atoms with van der Waals surface area (Å²) in [6.45, 7) is 0.207. The fraction of sp³-hybridized carbons (Fsp3) is 0.235. The first-order valence-corrected chi connectivity index (χ1v) is 6.91. The van der Waals surface area contributed by atoms with Crippen molar-refractivity contribution in [3.05, 3.63) is 53.3 Å². The van der Waals surface area contributed by atoms with Gasteiger partial charge in [0.15, 0.2) is 11.5 Å². The summed E-state index contributed by atoms with van der Waals surface area (Å²) in [5.41, 5.74) is 0.972. The third kappa shape index (κ3) is 3.91. The van der Waals surface area contributed by atoms with Crippen molar-refractivity contribution in [1.82, 2.24) is 5.32 Å². The Morgan fingerprint density at radius 2 is 1.65 bits per heavy atom. The Labute approximate surface area is 134 Å². The van der Waals surface area contributed by atoms with Crippen LogP contribution in [0.2, 0.25) is 0 Å². The van der Waals surface area contributed by atoms with E-state index >= 15 is 0 Å². The van der Waals surface area contributed by atoms with Crippen molar-refractivity contribution in [2.75, 3.05) is 21.3 Å². The van der Waals surface area contributed by atoms with E-state index in [0.29, 0.717) is 17.2 Å². The number of hydrogen-bond acceptors (Lipinski definition) is 4. The number of carbonyl (C=O) groups excluding carboxylic acids is 1. The van der Waals surface area contributed by atoms with Crippen LogP contribution in [0, 0.1) is 5.82 Å². The molecule has 0 saturated heterocycles. The van der Waals surface area contributed by atoms with Gasteiger partial charge in [-0.3, -0.25) is 4.79 Å². The molecule has 0 atom stereocenters. The highest BCUT2D eigenvalue weighted by Crippen LogP contribution is 2.34. The molecule has 122 valence electrons. The van der Waals surface area contributed by atoms with Gasteiger partial charge in [-0.1, -0.05) is 6.07 Å². The Hall–Kier alpha value is -2.76. The van der Waals surface area contributed by atoms with Crippen LogP contribution < -0.4 is 19.5 Å². The molecular formula is C17H18FNO4. The van der Waals surface area contributed by atoms with Crippen molar-refractivity contribution in [1.29, 1.82) is 0 Å². The molecule has 0 aliphatic heterocycles. The van der Waals surface area contributed by atoms with Crippen molar-refractivity contribution in [2.24, 2.45) is 0 Å². The average Bonchev–Trinajstić information content (AvgIpc) is 2.58. The molecule has 0 bridgehead atoms. The zero-order valence-corrected chi connectivity index (χ0v) is 13.2. The molecule has 0 aromatic heterocycles. The molecule has 2 aromatic carbocycles. The highest BCUT2D eigenvalue weighted by Gasteiger charge is 2.13. The van der Waals surface area contributed by atoms with E-state index in [9.17, 15) is 9.18 Å². The lowest BCUT2D eigenvalue weighted by Gasteiger charge is -2.14. The minimum absolute atomic E-state index is 0.207. The second-order valence-corrected chi connectivity index (χ2v) is 4.71. The smallest absolute Gasteiger partial charge is 0.251 e. The van der Waals surface area contributed by atoms with Gasteiger partial charge in [0.25, 0.3) is 5.91 Å². The van der Waals surface area contributed by atoms with E-state index in [1.54, 1.807) is 18.2 Å². The van der Waals surface area contributed by atoms with Gasteiger partial charge in [0.1, 0.15) is 11.6 Å². The largest absolute Gasteiger partial charge is 0.496 e. The van der Waals surface area contributed by atoms with Crippen molar-refractivity contribution in [3.8, 4) is 17.2 Å². The molecule has 2 rings (SSSR count).